The molecule has 0 spiro atoms. The highest BCUT2D eigenvalue weighted by Crippen LogP contribution is 2.43. The molecule has 5 heteroatoms. The largest absolute Gasteiger partial charge is 0.411 e. The van der Waals surface area contributed by atoms with Crippen LogP contribution in [0.5, 0.6) is 0 Å². The van der Waals surface area contributed by atoms with Gasteiger partial charge in [-0.1, -0.05) is 41.5 Å². The van der Waals surface area contributed by atoms with Crippen LogP contribution >= 0.6 is 0 Å². The van der Waals surface area contributed by atoms with Crippen molar-refractivity contribution >= 4 is 20.0 Å². The zero-order valence-electron chi connectivity index (χ0n) is 14.8. The highest BCUT2D eigenvalue weighted by atomic mass is 28.4. The van der Waals surface area contributed by atoms with Crippen LogP contribution in [0.1, 0.15) is 54.9 Å². The Labute approximate surface area is 130 Å². The fourth-order valence-corrected chi connectivity index (χ4v) is 9.71. The molecule has 0 aliphatic carbocycles. The molecule has 0 bridgehead atoms. The Morgan fingerprint density at radius 1 is 1.00 bits per heavy atom. The lowest BCUT2D eigenvalue weighted by Gasteiger charge is -2.45. The molecule has 2 atom stereocenters. The molecular weight excluding hydrogens is 282 g/mol. The molecule has 1 amide bonds. The molecule has 1 saturated heterocycles. The number of nitrogens with zero attached hydrogens (tertiary/aromatic N) is 1. The quantitative estimate of drug-likeness (QED) is 0.558. The summed E-state index contributed by atoms with van der Waals surface area (Å²) in [6, 6.07) is -0.416. The van der Waals surface area contributed by atoms with Gasteiger partial charge >= 0.3 is 0 Å². The monoisotopic (exact) mass is 313 g/mol. The van der Waals surface area contributed by atoms with Crippen molar-refractivity contribution in [1.82, 2.24) is 4.90 Å². The smallest absolute Gasteiger partial charge is 0.230 e. The summed E-state index contributed by atoms with van der Waals surface area (Å²) in [5.74, 6) is -0.0967. The molecule has 0 saturated carbocycles. The van der Waals surface area contributed by atoms with Crippen LogP contribution in [0.2, 0.25) is 16.6 Å². The van der Waals surface area contributed by atoms with Crippen LogP contribution < -0.4 is 0 Å². The Kier molecular flexibility index (Phi) is 5.78. The van der Waals surface area contributed by atoms with E-state index in [1.54, 1.807) is 11.9 Å². The van der Waals surface area contributed by atoms with E-state index in [0.717, 1.165) is 0 Å². The van der Waals surface area contributed by atoms with E-state index in [1.807, 2.05) is 6.92 Å². The van der Waals surface area contributed by atoms with Crippen molar-refractivity contribution in [2.24, 2.45) is 0 Å². The number of likely N-dealkylation sites (tertiary alicyclic amines) is 1. The van der Waals surface area contributed by atoms with Crippen LogP contribution in [-0.4, -0.2) is 44.1 Å². The molecular formula is C16H31NO3Si. The zero-order chi connectivity index (χ0) is 16.5. The first-order valence-corrected chi connectivity index (χ1v) is 10.2. The molecule has 0 aromatic carbocycles. The number of hydrogen-bond acceptors (Lipinski definition) is 3. The van der Waals surface area contributed by atoms with Crippen molar-refractivity contribution in [3.8, 4) is 0 Å². The van der Waals surface area contributed by atoms with Gasteiger partial charge in [0.1, 0.15) is 6.04 Å². The number of rotatable bonds is 6. The third kappa shape index (κ3) is 3.23. The predicted octanol–water partition coefficient (Wildman–Crippen LogP) is 3.37. The van der Waals surface area contributed by atoms with Gasteiger partial charge in [-0.3, -0.25) is 9.59 Å². The lowest BCUT2D eigenvalue weighted by Crippen LogP contribution is -2.54. The number of Topliss-reactive ketones (excluding diaryl/α,β-unsaturated/α-hetero) is 1. The SMILES string of the molecule is CC(O[Si](C(C)C)(C(C)C)C(C)C)C1C(=O)CC(=O)N1C. The van der Waals surface area contributed by atoms with E-state index in [1.165, 1.54) is 0 Å². The Hall–Kier alpha value is -0.683. The van der Waals surface area contributed by atoms with E-state index in [-0.39, 0.29) is 24.2 Å². The minimum atomic E-state index is -2.03. The van der Waals surface area contributed by atoms with Crippen molar-refractivity contribution in [3.63, 3.8) is 0 Å². The molecule has 1 heterocycles. The average molecular weight is 314 g/mol. The normalized spacial score (nSPS) is 22.0. The van der Waals surface area contributed by atoms with Crippen molar-refractivity contribution in [3.05, 3.63) is 0 Å². The van der Waals surface area contributed by atoms with E-state index in [9.17, 15) is 9.59 Å². The van der Waals surface area contributed by atoms with Crippen molar-refractivity contribution < 1.29 is 14.0 Å². The van der Waals surface area contributed by atoms with Gasteiger partial charge in [0.05, 0.1) is 12.5 Å². The molecule has 1 rings (SSSR count). The van der Waals surface area contributed by atoms with Crippen LogP contribution in [0.15, 0.2) is 0 Å². The van der Waals surface area contributed by atoms with Gasteiger partial charge in [-0.25, -0.2) is 0 Å². The molecule has 2 unspecified atom stereocenters. The number of carbonyl (C=O) groups excluding carboxylic acids is 2. The maximum Gasteiger partial charge on any atom is 0.230 e. The third-order valence-electron chi connectivity index (χ3n) is 5.01. The summed E-state index contributed by atoms with van der Waals surface area (Å²) in [5, 5.41) is 0. The Balaban J connectivity index is 3.04. The summed E-state index contributed by atoms with van der Waals surface area (Å²) in [4.78, 5) is 25.4. The minimum absolute atomic E-state index is 0.00540. The van der Waals surface area contributed by atoms with Gasteiger partial charge in [0.15, 0.2) is 5.78 Å². The summed E-state index contributed by atoms with van der Waals surface area (Å²) in [7, 11) is -0.320. The standard InChI is InChI=1S/C16H31NO3Si/c1-10(2)21(11(3)4,12(5)6)20-13(7)16-14(18)9-15(19)17(16)8/h10-13,16H,9H2,1-8H3. The summed E-state index contributed by atoms with van der Waals surface area (Å²) >= 11 is 0. The van der Waals surface area contributed by atoms with Gasteiger partial charge in [0, 0.05) is 7.05 Å². The van der Waals surface area contributed by atoms with E-state index in [4.69, 9.17) is 4.43 Å². The second-order valence-electron chi connectivity index (χ2n) is 7.23. The van der Waals surface area contributed by atoms with Gasteiger partial charge in [0.25, 0.3) is 0 Å². The first-order valence-electron chi connectivity index (χ1n) is 8.01. The molecule has 21 heavy (non-hydrogen) atoms. The van der Waals surface area contributed by atoms with Gasteiger partial charge < -0.3 is 9.33 Å². The lowest BCUT2D eigenvalue weighted by molar-refractivity contribution is -0.128. The second-order valence-corrected chi connectivity index (χ2v) is 12.6. The molecule has 0 aromatic heterocycles. The van der Waals surface area contributed by atoms with E-state index in [0.29, 0.717) is 16.6 Å². The maximum absolute atomic E-state index is 12.1. The second kappa shape index (κ2) is 6.61. The Bertz CT molecular complexity index is 385. The van der Waals surface area contributed by atoms with Crippen molar-refractivity contribution in [1.29, 1.82) is 0 Å². The third-order valence-corrected chi connectivity index (χ3v) is 11.2. The first-order chi connectivity index (χ1) is 9.55. The van der Waals surface area contributed by atoms with Gasteiger partial charge in [-0.2, -0.15) is 0 Å². The molecule has 1 aliphatic heterocycles. The lowest BCUT2D eigenvalue weighted by atomic mass is 10.1. The number of hydrogen-bond donors (Lipinski definition) is 0. The van der Waals surface area contributed by atoms with Crippen molar-refractivity contribution in [2.75, 3.05) is 7.05 Å². The van der Waals surface area contributed by atoms with Crippen LogP contribution in [0.3, 0.4) is 0 Å². The van der Waals surface area contributed by atoms with Crippen LogP contribution in [0.4, 0.5) is 0 Å². The fourth-order valence-electron chi connectivity index (χ4n) is 4.12. The maximum atomic E-state index is 12.1. The van der Waals surface area contributed by atoms with Gasteiger partial charge in [0.2, 0.25) is 14.2 Å². The summed E-state index contributed by atoms with van der Waals surface area (Å²) < 4.78 is 6.62. The number of ketones is 1. The highest BCUT2D eigenvalue weighted by Gasteiger charge is 2.49. The molecule has 0 N–H and O–H groups in total. The average Bonchev–Trinajstić information content (AvgIpc) is 2.58. The minimum Gasteiger partial charge on any atom is -0.411 e. The topological polar surface area (TPSA) is 46.6 Å². The Morgan fingerprint density at radius 2 is 1.43 bits per heavy atom. The van der Waals surface area contributed by atoms with E-state index < -0.39 is 14.4 Å². The van der Waals surface area contributed by atoms with E-state index >= 15 is 0 Å². The summed E-state index contributed by atoms with van der Waals surface area (Å²) in [5.41, 5.74) is 1.41. The molecule has 1 fully saturated rings. The molecule has 1 aliphatic rings. The van der Waals surface area contributed by atoms with Crippen LogP contribution in [0.25, 0.3) is 0 Å². The zero-order valence-corrected chi connectivity index (χ0v) is 15.8. The molecule has 122 valence electrons. The predicted molar refractivity (Wildman–Crippen MR) is 87.8 cm³/mol. The first kappa shape index (κ1) is 18.4. The molecule has 0 radical (unpaired) electrons. The highest BCUT2D eigenvalue weighted by molar-refractivity contribution is 6.77. The Morgan fingerprint density at radius 3 is 1.71 bits per heavy atom. The van der Waals surface area contributed by atoms with E-state index in [2.05, 4.69) is 41.5 Å². The van der Waals surface area contributed by atoms with Gasteiger partial charge in [-0.15, -0.1) is 0 Å². The number of carbonyl (C=O) groups is 2. The number of likely N-dealkylation sites (N-methyl/N-ethyl adjacent to an activating group) is 1. The molecule has 4 nitrogen and oxygen atoms in total. The van der Waals surface area contributed by atoms with Gasteiger partial charge in [-0.05, 0) is 23.5 Å². The molecule has 0 aromatic rings. The number of amides is 1. The van der Waals surface area contributed by atoms with Crippen LogP contribution in [0, 0.1) is 0 Å². The van der Waals surface area contributed by atoms with Crippen LogP contribution in [-0.2, 0) is 14.0 Å². The summed E-state index contributed by atoms with van der Waals surface area (Å²) in [6.07, 6.45) is -0.207. The summed E-state index contributed by atoms with van der Waals surface area (Å²) in [6.45, 7) is 15.3. The van der Waals surface area contributed by atoms with Crippen molar-refractivity contribution in [2.45, 2.75) is 83.7 Å². The fraction of sp³-hybridized carbons (Fsp3) is 0.875.